The van der Waals surface area contributed by atoms with Gasteiger partial charge in [0, 0.05) is 18.7 Å². The van der Waals surface area contributed by atoms with Gasteiger partial charge in [0.05, 0.1) is 16.6 Å². The first-order chi connectivity index (χ1) is 13.2. The average Bonchev–Trinajstić information content (AvgIpc) is 3.30. The minimum atomic E-state index is -0.122. The van der Waals surface area contributed by atoms with Crippen molar-refractivity contribution in [2.75, 3.05) is 5.32 Å². The van der Waals surface area contributed by atoms with E-state index >= 15 is 0 Å². The van der Waals surface area contributed by atoms with Crippen LogP contribution in [0, 0.1) is 0 Å². The van der Waals surface area contributed by atoms with Crippen molar-refractivity contribution in [2.24, 2.45) is 0 Å². The van der Waals surface area contributed by atoms with Gasteiger partial charge < -0.3 is 5.32 Å². The van der Waals surface area contributed by atoms with E-state index in [4.69, 9.17) is 0 Å². The van der Waals surface area contributed by atoms with Gasteiger partial charge >= 0.3 is 0 Å². The fourth-order valence-corrected chi connectivity index (χ4v) is 3.78. The zero-order chi connectivity index (χ0) is 18.6. The van der Waals surface area contributed by atoms with Crippen molar-refractivity contribution in [3.8, 4) is 0 Å². The van der Waals surface area contributed by atoms with Crippen LogP contribution < -0.4 is 10.9 Å². The number of hydrogen-bond donors (Lipinski definition) is 1. The molecule has 0 atom stereocenters. The van der Waals surface area contributed by atoms with Gasteiger partial charge in [-0.2, -0.15) is 5.10 Å². The molecule has 0 bridgehead atoms. The maximum absolute atomic E-state index is 12.3. The Morgan fingerprint density at radius 1 is 1.11 bits per heavy atom. The van der Waals surface area contributed by atoms with Crippen LogP contribution in [-0.2, 0) is 17.9 Å². The lowest BCUT2D eigenvalue weighted by molar-refractivity contribution is -0.116. The molecule has 0 spiro atoms. The molecule has 1 N–H and O–H groups in total. The van der Waals surface area contributed by atoms with Crippen molar-refractivity contribution in [2.45, 2.75) is 19.5 Å². The lowest BCUT2D eigenvalue weighted by Gasteiger charge is -2.07. The fraction of sp³-hybridized carbons (Fsp3) is 0.158. The van der Waals surface area contributed by atoms with Crippen LogP contribution in [0.5, 0.6) is 0 Å². The maximum Gasteiger partial charge on any atom is 0.268 e. The molecule has 0 aliphatic rings. The van der Waals surface area contributed by atoms with Crippen molar-refractivity contribution < 1.29 is 4.79 Å². The van der Waals surface area contributed by atoms with E-state index in [2.05, 4.69) is 15.4 Å². The molecule has 0 fully saturated rings. The fourth-order valence-electron chi connectivity index (χ4n) is 2.79. The SMILES string of the molecule is O=C(CCn1sc2ccccc2c1=O)Nc1ccc(Cn2cncn2)cc1. The molecular weight excluding hydrogens is 362 g/mol. The van der Waals surface area contributed by atoms with Crippen LogP contribution in [0.25, 0.3) is 10.1 Å². The van der Waals surface area contributed by atoms with Gasteiger partial charge in [0.2, 0.25) is 5.91 Å². The van der Waals surface area contributed by atoms with Gasteiger partial charge in [0.15, 0.2) is 0 Å². The van der Waals surface area contributed by atoms with Gasteiger partial charge in [-0.15, -0.1) is 0 Å². The number of anilines is 1. The number of carbonyl (C=O) groups is 1. The predicted octanol–water partition coefficient (Wildman–Crippen LogP) is 2.73. The standard InChI is InChI=1S/C19H17N5O2S/c25-18(9-10-24-19(26)16-3-1-2-4-17(16)27-24)22-15-7-5-14(6-8-15)11-23-13-20-12-21-23/h1-8,12-13H,9-11H2,(H,22,25). The van der Waals surface area contributed by atoms with Gasteiger partial charge in [-0.05, 0) is 29.8 Å². The summed E-state index contributed by atoms with van der Waals surface area (Å²) in [6.45, 7) is 0.997. The van der Waals surface area contributed by atoms with Gasteiger partial charge in [0.1, 0.15) is 12.7 Å². The Hall–Kier alpha value is -3.26. The number of nitrogens with one attached hydrogen (secondary N) is 1. The van der Waals surface area contributed by atoms with Crippen molar-refractivity contribution >= 4 is 33.2 Å². The Balaban J connectivity index is 1.35. The Bertz CT molecular complexity index is 1110. The van der Waals surface area contributed by atoms with E-state index in [1.54, 1.807) is 15.0 Å². The smallest absolute Gasteiger partial charge is 0.268 e. The van der Waals surface area contributed by atoms with Gasteiger partial charge in [-0.25, -0.2) is 9.67 Å². The lowest BCUT2D eigenvalue weighted by atomic mass is 10.2. The summed E-state index contributed by atoms with van der Waals surface area (Å²) in [6.07, 6.45) is 3.40. The first kappa shape index (κ1) is 17.2. The van der Waals surface area contributed by atoms with E-state index in [0.717, 1.165) is 16.0 Å². The molecule has 0 unspecified atom stereocenters. The number of amides is 1. The summed E-state index contributed by atoms with van der Waals surface area (Å²) in [7, 11) is 0. The van der Waals surface area contributed by atoms with Crippen LogP contribution in [0.1, 0.15) is 12.0 Å². The molecule has 0 saturated carbocycles. The number of aryl methyl sites for hydroxylation is 1. The number of nitrogens with zero attached hydrogens (tertiary/aromatic N) is 4. The summed E-state index contributed by atoms with van der Waals surface area (Å²) in [5.74, 6) is -0.122. The Morgan fingerprint density at radius 3 is 2.67 bits per heavy atom. The normalized spacial score (nSPS) is 11.0. The van der Waals surface area contributed by atoms with Crippen molar-refractivity contribution in [3.63, 3.8) is 0 Å². The minimum Gasteiger partial charge on any atom is -0.326 e. The summed E-state index contributed by atoms with van der Waals surface area (Å²) < 4.78 is 4.30. The molecule has 2 aromatic carbocycles. The summed E-state index contributed by atoms with van der Waals surface area (Å²) in [6, 6.07) is 15.1. The number of carbonyl (C=O) groups excluding carboxylic acids is 1. The Morgan fingerprint density at radius 2 is 1.93 bits per heavy atom. The summed E-state index contributed by atoms with van der Waals surface area (Å²) in [5.41, 5.74) is 1.75. The molecule has 2 aromatic heterocycles. The first-order valence-electron chi connectivity index (χ1n) is 8.49. The Labute approximate surface area is 159 Å². The van der Waals surface area contributed by atoms with Gasteiger partial charge in [0.25, 0.3) is 5.56 Å². The summed E-state index contributed by atoms with van der Waals surface area (Å²) in [5, 5.41) is 7.63. The average molecular weight is 379 g/mol. The third-order valence-electron chi connectivity index (χ3n) is 4.14. The number of aromatic nitrogens is 4. The quantitative estimate of drug-likeness (QED) is 0.558. The molecule has 8 heteroatoms. The van der Waals surface area contributed by atoms with Crippen LogP contribution >= 0.6 is 11.5 Å². The van der Waals surface area contributed by atoms with Crippen molar-refractivity contribution in [3.05, 3.63) is 77.1 Å². The molecule has 2 heterocycles. The van der Waals surface area contributed by atoms with E-state index in [1.807, 2.05) is 48.5 Å². The second kappa shape index (κ2) is 7.55. The third kappa shape index (κ3) is 3.95. The van der Waals surface area contributed by atoms with E-state index in [9.17, 15) is 9.59 Å². The minimum absolute atomic E-state index is 0.0409. The molecule has 0 radical (unpaired) electrons. The number of benzene rings is 2. The molecular formula is C19H17N5O2S. The van der Waals surface area contributed by atoms with E-state index < -0.39 is 0 Å². The molecule has 136 valence electrons. The summed E-state index contributed by atoms with van der Waals surface area (Å²) >= 11 is 1.39. The molecule has 0 aliphatic carbocycles. The molecule has 4 aromatic rings. The van der Waals surface area contributed by atoms with Crippen LogP contribution in [0.2, 0.25) is 0 Å². The Kier molecular flexibility index (Phi) is 4.80. The topological polar surface area (TPSA) is 81.8 Å². The molecule has 27 heavy (non-hydrogen) atoms. The van der Waals surface area contributed by atoms with Crippen molar-refractivity contribution in [1.29, 1.82) is 0 Å². The van der Waals surface area contributed by atoms with E-state index in [-0.39, 0.29) is 17.9 Å². The molecule has 1 amide bonds. The van der Waals surface area contributed by atoms with Crippen LogP contribution in [0.4, 0.5) is 5.69 Å². The van der Waals surface area contributed by atoms with Crippen molar-refractivity contribution in [1.82, 2.24) is 18.7 Å². The molecule has 4 rings (SSSR count). The van der Waals surface area contributed by atoms with Gasteiger partial charge in [-0.3, -0.25) is 13.5 Å². The lowest BCUT2D eigenvalue weighted by Crippen LogP contribution is -2.18. The highest BCUT2D eigenvalue weighted by Crippen LogP contribution is 2.16. The monoisotopic (exact) mass is 379 g/mol. The second-order valence-corrected chi connectivity index (χ2v) is 7.15. The number of fused-ring (bicyclic) bond motifs is 1. The van der Waals surface area contributed by atoms with Crippen LogP contribution in [0.15, 0.2) is 66.0 Å². The molecule has 7 nitrogen and oxygen atoms in total. The predicted molar refractivity (Wildman–Crippen MR) is 105 cm³/mol. The molecule has 0 saturated heterocycles. The van der Waals surface area contributed by atoms with Crippen LogP contribution in [-0.4, -0.2) is 24.6 Å². The highest BCUT2D eigenvalue weighted by molar-refractivity contribution is 7.13. The number of hydrogen-bond acceptors (Lipinski definition) is 5. The highest BCUT2D eigenvalue weighted by Gasteiger charge is 2.09. The third-order valence-corrected chi connectivity index (χ3v) is 5.26. The molecule has 0 aliphatic heterocycles. The summed E-state index contributed by atoms with van der Waals surface area (Å²) in [4.78, 5) is 28.4. The highest BCUT2D eigenvalue weighted by atomic mass is 32.1. The second-order valence-electron chi connectivity index (χ2n) is 6.08. The van der Waals surface area contributed by atoms with Crippen LogP contribution in [0.3, 0.4) is 0 Å². The van der Waals surface area contributed by atoms with E-state index in [0.29, 0.717) is 18.5 Å². The largest absolute Gasteiger partial charge is 0.326 e. The maximum atomic E-state index is 12.3. The van der Waals surface area contributed by atoms with E-state index in [1.165, 1.54) is 17.9 Å². The van der Waals surface area contributed by atoms with Gasteiger partial charge in [-0.1, -0.05) is 35.8 Å². The first-order valence-corrected chi connectivity index (χ1v) is 9.26. The zero-order valence-corrected chi connectivity index (χ0v) is 15.2. The number of rotatable bonds is 6. The zero-order valence-electron chi connectivity index (χ0n) is 14.4.